The Morgan fingerprint density at radius 2 is 2.24 bits per heavy atom. The van der Waals surface area contributed by atoms with E-state index in [1.807, 2.05) is 24.4 Å². The smallest absolute Gasteiger partial charge is 0.251 e. The molecule has 1 aromatic carbocycles. The molecule has 0 fully saturated rings. The van der Waals surface area contributed by atoms with E-state index < -0.39 is 0 Å². The van der Waals surface area contributed by atoms with Gasteiger partial charge in [-0.1, -0.05) is 12.1 Å². The first kappa shape index (κ1) is 17.2. The Hall–Kier alpha value is -2.66. The van der Waals surface area contributed by atoms with Crippen molar-refractivity contribution in [2.45, 2.75) is 19.9 Å². The molecule has 5 heteroatoms. The number of ether oxygens (including phenoxy) is 1. The van der Waals surface area contributed by atoms with E-state index in [1.54, 1.807) is 19.2 Å². The number of hydrogen-bond acceptors (Lipinski definition) is 4. The molecule has 2 N–H and O–H groups in total. The van der Waals surface area contributed by atoms with Crippen molar-refractivity contribution in [1.29, 1.82) is 0 Å². The van der Waals surface area contributed by atoms with E-state index in [4.69, 9.17) is 4.74 Å². The molecular formula is C20H23N3O2. The molecule has 0 saturated heterocycles. The Morgan fingerprint density at radius 3 is 3.00 bits per heavy atom. The third-order valence-corrected chi connectivity index (χ3v) is 4.46. The lowest BCUT2D eigenvalue weighted by Crippen LogP contribution is -2.24. The third kappa shape index (κ3) is 4.06. The zero-order valence-electron chi connectivity index (χ0n) is 14.6. The SMILES string of the molecule is COc1cccc(C(=O)NCc2ccnc(C3=CCNCC3)c2C)c1. The maximum Gasteiger partial charge on any atom is 0.251 e. The highest BCUT2D eigenvalue weighted by molar-refractivity contribution is 5.94. The van der Waals surface area contributed by atoms with Crippen molar-refractivity contribution in [3.05, 3.63) is 65.0 Å². The quantitative estimate of drug-likeness (QED) is 0.880. The molecule has 130 valence electrons. The predicted molar refractivity (Wildman–Crippen MR) is 98.6 cm³/mol. The van der Waals surface area contributed by atoms with Crippen molar-refractivity contribution in [1.82, 2.24) is 15.6 Å². The highest BCUT2D eigenvalue weighted by atomic mass is 16.5. The Bertz CT molecular complexity index is 799. The lowest BCUT2D eigenvalue weighted by Gasteiger charge is -2.17. The van der Waals surface area contributed by atoms with E-state index in [-0.39, 0.29) is 5.91 Å². The first-order valence-electron chi connectivity index (χ1n) is 8.46. The van der Waals surface area contributed by atoms with Gasteiger partial charge in [-0.25, -0.2) is 0 Å². The van der Waals surface area contributed by atoms with E-state index >= 15 is 0 Å². The van der Waals surface area contributed by atoms with Crippen LogP contribution in [0.1, 0.15) is 33.6 Å². The van der Waals surface area contributed by atoms with Crippen molar-refractivity contribution in [3.8, 4) is 5.75 Å². The standard InChI is InChI=1S/C20H23N3O2/c1-14-17(8-11-22-19(14)15-6-9-21-10-7-15)13-23-20(24)16-4-3-5-18(12-16)25-2/h3-6,8,11-12,21H,7,9-10,13H2,1-2H3,(H,23,24). The summed E-state index contributed by atoms with van der Waals surface area (Å²) in [6, 6.07) is 9.12. The average molecular weight is 337 g/mol. The van der Waals surface area contributed by atoms with Crippen LogP contribution in [-0.2, 0) is 6.54 Å². The normalized spacial score (nSPS) is 13.9. The van der Waals surface area contributed by atoms with Crippen molar-refractivity contribution in [2.24, 2.45) is 0 Å². The van der Waals surface area contributed by atoms with Gasteiger partial charge in [0.05, 0.1) is 12.8 Å². The number of carbonyl (C=O) groups excluding carboxylic acids is 1. The molecule has 0 aliphatic carbocycles. The highest BCUT2D eigenvalue weighted by Gasteiger charge is 2.13. The molecule has 0 bridgehead atoms. The van der Waals surface area contributed by atoms with Gasteiger partial charge in [0.1, 0.15) is 5.75 Å². The number of nitrogens with zero attached hydrogens (tertiary/aromatic N) is 1. The minimum Gasteiger partial charge on any atom is -0.497 e. The van der Waals surface area contributed by atoms with Gasteiger partial charge >= 0.3 is 0 Å². The van der Waals surface area contributed by atoms with Gasteiger partial charge in [-0.05, 0) is 60.9 Å². The largest absolute Gasteiger partial charge is 0.497 e. The molecule has 0 atom stereocenters. The van der Waals surface area contributed by atoms with E-state index in [0.29, 0.717) is 17.9 Å². The number of aromatic nitrogens is 1. The fourth-order valence-corrected chi connectivity index (χ4v) is 2.97. The summed E-state index contributed by atoms with van der Waals surface area (Å²) >= 11 is 0. The summed E-state index contributed by atoms with van der Waals surface area (Å²) in [6.45, 7) is 4.40. The summed E-state index contributed by atoms with van der Waals surface area (Å²) in [5.41, 5.74) is 5.11. The maximum atomic E-state index is 12.4. The van der Waals surface area contributed by atoms with Gasteiger partial charge in [0, 0.05) is 24.8 Å². The van der Waals surface area contributed by atoms with Gasteiger partial charge in [-0.2, -0.15) is 0 Å². The number of benzene rings is 1. The van der Waals surface area contributed by atoms with Crippen LogP contribution >= 0.6 is 0 Å². The van der Waals surface area contributed by atoms with Gasteiger partial charge in [-0.15, -0.1) is 0 Å². The van der Waals surface area contributed by atoms with Crippen LogP contribution in [-0.4, -0.2) is 31.1 Å². The van der Waals surface area contributed by atoms with Crippen LogP contribution < -0.4 is 15.4 Å². The van der Waals surface area contributed by atoms with Gasteiger partial charge in [0.2, 0.25) is 0 Å². The zero-order valence-corrected chi connectivity index (χ0v) is 14.6. The number of nitrogens with one attached hydrogen (secondary N) is 2. The molecule has 1 aliphatic heterocycles. The number of carbonyl (C=O) groups is 1. The van der Waals surface area contributed by atoms with Crippen LogP contribution in [0.3, 0.4) is 0 Å². The second-order valence-electron chi connectivity index (χ2n) is 6.04. The Balaban J connectivity index is 1.72. The predicted octanol–water partition coefficient (Wildman–Crippen LogP) is 2.71. The van der Waals surface area contributed by atoms with Crippen molar-refractivity contribution < 1.29 is 9.53 Å². The summed E-state index contributed by atoms with van der Waals surface area (Å²) in [5.74, 6) is 0.561. The maximum absolute atomic E-state index is 12.4. The van der Waals surface area contributed by atoms with E-state index in [1.165, 1.54) is 5.57 Å². The number of methoxy groups -OCH3 is 1. The molecule has 1 aliphatic rings. The molecule has 2 heterocycles. The Morgan fingerprint density at radius 1 is 1.36 bits per heavy atom. The molecule has 3 rings (SSSR count). The van der Waals surface area contributed by atoms with E-state index in [2.05, 4.69) is 28.6 Å². The number of amides is 1. The molecule has 1 aromatic heterocycles. The van der Waals surface area contributed by atoms with Crippen LogP contribution in [0.15, 0.2) is 42.6 Å². The van der Waals surface area contributed by atoms with Gasteiger partial charge in [0.25, 0.3) is 5.91 Å². The lowest BCUT2D eigenvalue weighted by atomic mass is 9.98. The molecule has 0 unspecified atom stereocenters. The molecule has 1 amide bonds. The fraction of sp³-hybridized carbons (Fsp3) is 0.300. The molecule has 0 radical (unpaired) electrons. The molecule has 0 saturated carbocycles. The zero-order chi connectivity index (χ0) is 17.6. The minimum atomic E-state index is -0.113. The molecule has 5 nitrogen and oxygen atoms in total. The molecule has 2 aromatic rings. The molecule has 25 heavy (non-hydrogen) atoms. The summed E-state index contributed by atoms with van der Waals surface area (Å²) in [4.78, 5) is 16.9. The summed E-state index contributed by atoms with van der Waals surface area (Å²) < 4.78 is 5.17. The topological polar surface area (TPSA) is 63.2 Å². The lowest BCUT2D eigenvalue weighted by molar-refractivity contribution is 0.0950. The Kier molecular flexibility index (Phi) is 5.46. The summed E-state index contributed by atoms with van der Waals surface area (Å²) in [5, 5.41) is 6.30. The van der Waals surface area contributed by atoms with Crippen molar-refractivity contribution >= 4 is 11.5 Å². The number of hydrogen-bond donors (Lipinski definition) is 2. The van der Waals surface area contributed by atoms with Crippen molar-refractivity contribution in [3.63, 3.8) is 0 Å². The van der Waals surface area contributed by atoms with Crippen LogP contribution in [0.2, 0.25) is 0 Å². The first-order chi connectivity index (χ1) is 12.2. The van der Waals surface area contributed by atoms with Gasteiger partial charge < -0.3 is 15.4 Å². The minimum absolute atomic E-state index is 0.113. The summed E-state index contributed by atoms with van der Waals surface area (Å²) in [6.07, 6.45) is 4.99. The second-order valence-corrected chi connectivity index (χ2v) is 6.04. The monoisotopic (exact) mass is 337 g/mol. The van der Waals surface area contributed by atoms with Gasteiger partial charge in [-0.3, -0.25) is 9.78 Å². The van der Waals surface area contributed by atoms with Crippen LogP contribution in [0.25, 0.3) is 5.57 Å². The van der Waals surface area contributed by atoms with Crippen molar-refractivity contribution in [2.75, 3.05) is 20.2 Å². The average Bonchev–Trinajstić information content (AvgIpc) is 2.67. The highest BCUT2D eigenvalue weighted by Crippen LogP contribution is 2.23. The number of rotatable bonds is 5. The van der Waals surface area contributed by atoms with Gasteiger partial charge in [0.15, 0.2) is 0 Å². The second kappa shape index (κ2) is 7.94. The van der Waals surface area contributed by atoms with E-state index in [0.717, 1.165) is 36.3 Å². The fourth-order valence-electron chi connectivity index (χ4n) is 2.97. The molecular weight excluding hydrogens is 314 g/mol. The molecule has 0 spiro atoms. The first-order valence-corrected chi connectivity index (χ1v) is 8.46. The Labute approximate surface area is 148 Å². The third-order valence-electron chi connectivity index (χ3n) is 4.46. The number of pyridine rings is 1. The van der Waals surface area contributed by atoms with Crippen LogP contribution in [0, 0.1) is 6.92 Å². The van der Waals surface area contributed by atoms with E-state index in [9.17, 15) is 4.79 Å². The van der Waals surface area contributed by atoms with Crippen LogP contribution in [0.5, 0.6) is 5.75 Å². The summed E-state index contributed by atoms with van der Waals surface area (Å²) in [7, 11) is 1.59. The van der Waals surface area contributed by atoms with Crippen LogP contribution in [0.4, 0.5) is 0 Å².